The topological polar surface area (TPSA) is 102 Å². The molecule has 25 heavy (non-hydrogen) atoms. The zero-order valence-electron chi connectivity index (χ0n) is 13.3. The normalized spacial score (nSPS) is 11.1. The van der Waals surface area contributed by atoms with Crippen LogP contribution in [-0.4, -0.2) is 35.2 Å². The maximum absolute atomic E-state index is 11.9. The summed E-state index contributed by atoms with van der Waals surface area (Å²) in [7, 11) is 1.60. The average molecular weight is 373 g/mol. The zero-order valence-corrected chi connectivity index (χ0v) is 14.9. The first kappa shape index (κ1) is 17.2. The van der Waals surface area contributed by atoms with Crippen molar-refractivity contribution in [2.75, 3.05) is 18.6 Å². The second-order valence-electron chi connectivity index (χ2n) is 4.89. The summed E-state index contributed by atoms with van der Waals surface area (Å²) in [6.07, 6.45) is 1.59. The van der Waals surface area contributed by atoms with Crippen molar-refractivity contribution in [1.29, 1.82) is 0 Å². The highest BCUT2D eigenvalue weighted by atomic mass is 32.2. The predicted molar refractivity (Wildman–Crippen MR) is 101 cm³/mol. The maximum atomic E-state index is 11.9. The first-order chi connectivity index (χ1) is 12.2. The minimum atomic E-state index is -0.241. The summed E-state index contributed by atoms with van der Waals surface area (Å²) >= 11 is 2.50. The number of nitrogens with two attached hydrogens (primary N) is 1. The highest BCUT2D eigenvalue weighted by molar-refractivity contribution is 8.01. The number of methoxy groups -OCH3 is 1. The number of rotatable bonds is 6. The summed E-state index contributed by atoms with van der Waals surface area (Å²) in [6, 6.07) is 11.8. The molecule has 7 nitrogen and oxygen atoms in total. The molecule has 0 fully saturated rings. The van der Waals surface area contributed by atoms with Crippen molar-refractivity contribution in [1.82, 2.24) is 15.6 Å². The Kier molecular flexibility index (Phi) is 5.46. The number of benzene rings is 2. The number of nitrogen functional groups attached to an aromatic ring is 1. The molecule has 1 amide bonds. The van der Waals surface area contributed by atoms with Crippen LogP contribution in [0.25, 0.3) is 10.8 Å². The zero-order chi connectivity index (χ0) is 17.6. The summed E-state index contributed by atoms with van der Waals surface area (Å²) < 4.78 is 6.03. The first-order valence-corrected chi connectivity index (χ1v) is 9.07. The number of hydrogen-bond donors (Lipinski definition) is 2. The Bertz CT molecular complexity index is 926. The van der Waals surface area contributed by atoms with Crippen molar-refractivity contribution in [3.05, 3.63) is 42.0 Å². The van der Waals surface area contributed by atoms with Gasteiger partial charge in [0.15, 0.2) is 4.34 Å². The third-order valence-electron chi connectivity index (χ3n) is 3.28. The minimum Gasteiger partial charge on any atom is -0.496 e. The van der Waals surface area contributed by atoms with E-state index in [0.29, 0.717) is 15.2 Å². The van der Waals surface area contributed by atoms with Crippen molar-refractivity contribution in [2.24, 2.45) is 5.10 Å². The van der Waals surface area contributed by atoms with Crippen molar-refractivity contribution >= 4 is 51.1 Å². The van der Waals surface area contributed by atoms with E-state index < -0.39 is 0 Å². The molecule has 0 unspecified atom stereocenters. The predicted octanol–water partition coefficient (Wildman–Crippen LogP) is 2.52. The van der Waals surface area contributed by atoms with Crippen molar-refractivity contribution in [3.63, 3.8) is 0 Å². The molecule has 0 spiro atoms. The number of amides is 1. The van der Waals surface area contributed by atoms with Gasteiger partial charge in [-0.25, -0.2) is 5.43 Å². The standard InChI is InChI=1S/C16H15N5O2S2/c1-23-13-7-6-10-4-2-3-5-11(10)12(13)8-18-19-14(22)9-24-16-21-20-15(17)25-16/h2-8H,9H2,1H3,(H2,17,20)(H,19,22). The minimum absolute atomic E-state index is 0.179. The van der Waals surface area contributed by atoms with Gasteiger partial charge in [-0.2, -0.15) is 5.10 Å². The summed E-state index contributed by atoms with van der Waals surface area (Å²) in [5, 5.41) is 14.0. The number of carbonyl (C=O) groups is 1. The second kappa shape index (κ2) is 7.95. The van der Waals surface area contributed by atoms with Gasteiger partial charge in [0.2, 0.25) is 5.13 Å². The Hall–Kier alpha value is -2.65. The van der Waals surface area contributed by atoms with Gasteiger partial charge in [-0.3, -0.25) is 4.79 Å². The number of hydrogen-bond acceptors (Lipinski definition) is 8. The quantitative estimate of drug-likeness (QED) is 0.391. The highest BCUT2D eigenvalue weighted by Crippen LogP contribution is 2.26. The van der Waals surface area contributed by atoms with Crippen molar-refractivity contribution in [3.8, 4) is 5.75 Å². The lowest BCUT2D eigenvalue weighted by atomic mass is 10.0. The average Bonchev–Trinajstić information content (AvgIpc) is 3.05. The Morgan fingerprint density at radius 1 is 1.36 bits per heavy atom. The molecule has 1 heterocycles. The molecular formula is C16H15N5O2S2. The number of aromatic nitrogens is 2. The molecule has 0 aliphatic carbocycles. The molecule has 0 bridgehead atoms. The van der Waals surface area contributed by atoms with E-state index in [9.17, 15) is 4.79 Å². The number of nitrogens with one attached hydrogen (secondary N) is 1. The SMILES string of the molecule is COc1ccc2ccccc2c1C=NNC(=O)CSc1nnc(N)s1. The molecule has 3 N–H and O–H groups in total. The fourth-order valence-corrected chi connectivity index (χ4v) is 3.62. The summed E-state index contributed by atoms with van der Waals surface area (Å²) in [4.78, 5) is 11.9. The van der Waals surface area contributed by atoms with Gasteiger partial charge in [0.25, 0.3) is 5.91 Å². The monoisotopic (exact) mass is 373 g/mol. The van der Waals surface area contributed by atoms with Crippen LogP contribution in [0.2, 0.25) is 0 Å². The van der Waals surface area contributed by atoms with Gasteiger partial charge in [-0.1, -0.05) is 53.4 Å². The largest absolute Gasteiger partial charge is 0.496 e. The van der Waals surface area contributed by atoms with Crippen LogP contribution in [0.1, 0.15) is 5.56 Å². The van der Waals surface area contributed by atoms with E-state index in [-0.39, 0.29) is 11.7 Å². The summed E-state index contributed by atoms with van der Waals surface area (Å²) in [5.74, 6) is 0.628. The lowest BCUT2D eigenvalue weighted by Crippen LogP contribution is -2.19. The van der Waals surface area contributed by atoms with Gasteiger partial charge in [0.05, 0.1) is 19.1 Å². The van der Waals surface area contributed by atoms with Gasteiger partial charge in [0.1, 0.15) is 5.75 Å². The first-order valence-electron chi connectivity index (χ1n) is 7.27. The lowest BCUT2D eigenvalue weighted by Gasteiger charge is -2.08. The molecule has 0 aliphatic heterocycles. The van der Waals surface area contributed by atoms with Crippen LogP contribution >= 0.6 is 23.1 Å². The molecule has 0 saturated heterocycles. The molecule has 128 valence electrons. The Balaban J connectivity index is 1.67. The van der Waals surface area contributed by atoms with E-state index >= 15 is 0 Å². The Morgan fingerprint density at radius 3 is 2.96 bits per heavy atom. The van der Waals surface area contributed by atoms with E-state index in [0.717, 1.165) is 16.3 Å². The second-order valence-corrected chi connectivity index (χ2v) is 7.12. The number of hydrazone groups is 1. The van der Waals surface area contributed by atoms with Gasteiger partial charge in [-0.05, 0) is 16.8 Å². The maximum Gasteiger partial charge on any atom is 0.250 e. The van der Waals surface area contributed by atoms with Crippen LogP contribution in [0.4, 0.5) is 5.13 Å². The third-order valence-corrected chi connectivity index (χ3v) is 5.17. The highest BCUT2D eigenvalue weighted by Gasteiger charge is 2.08. The molecular weight excluding hydrogens is 358 g/mol. The number of thioether (sulfide) groups is 1. The van der Waals surface area contributed by atoms with E-state index in [2.05, 4.69) is 20.7 Å². The molecule has 3 aromatic rings. The van der Waals surface area contributed by atoms with Crippen LogP contribution < -0.4 is 15.9 Å². The molecule has 0 aliphatic rings. The van der Waals surface area contributed by atoms with Crippen LogP contribution in [0.3, 0.4) is 0 Å². The van der Waals surface area contributed by atoms with Gasteiger partial charge < -0.3 is 10.5 Å². The van der Waals surface area contributed by atoms with Crippen LogP contribution in [-0.2, 0) is 4.79 Å². The molecule has 1 aromatic heterocycles. The van der Waals surface area contributed by atoms with Gasteiger partial charge >= 0.3 is 0 Å². The number of fused-ring (bicyclic) bond motifs is 1. The van der Waals surface area contributed by atoms with E-state index in [1.807, 2.05) is 36.4 Å². The van der Waals surface area contributed by atoms with Crippen molar-refractivity contribution < 1.29 is 9.53 Å². The van der Waals surface area contributed by atoms with Crippen LogP contribution in [0.15, 0.2) is 45.8 Å². The third kappa shape index (κ3) is 4.25. The van der Waals surface area contributed by atoms with Crippen LogP contribution in [0.5, 0.6) is 5.75 Å². The molecule has 2 aromatic carbocycles. The molecule has 9 heteroatoms. The smallest absolute Gasteiger partial charge is 0.250 e. The Morgan fingerprint density at radius 2 is 2.20 bits per heavy atom. The molecule has 0 saturated carbocycles. The van der Waals surface area contributed by atoms with E-state index in [1.165, 1.54) is 23.1 Å². The van der Waals surface area contributed by atoms with Crippen molar-refractivity contribution in [2.45, 2.75) is 4.34 Å². The molecule has 0 atom stereocenters. The number of carbonyl (C=O) groups excluding carboxylic acids is 1. The number of ether oxygens (including phenoxy) is 1. The Labute approximate surface area is 152 Å². The van der Waals surface area contributed by atoms with E-state index in [4.69, 9.17) is 10.5 Å². The number of anilines is 1. The molecule has 3 rings (SSSR count). The molecule has 0 radical (unpaired) electrons. The van der Waals surface area contributed by atoms with Gasteiger partial charge in [0, 0.05) is 5.56 Å². The lowest BCUT2D eigenvalue weighted by molar-refractivity contribution is -0.118. The fourth-order valence-electron chi connectivity index (χ4n) is 2.19. The summed E-state index contributed by atoms with van der Waals surface area (Å²) in [5.41, 5.74) is 8.81. The number of nitrogens with zero attached hydrogens (tertiary/aromatic N) is 3. The summed E-state index contributed by atoms with van der Waals surface area (Å²) in [6.45, 7) is 0. The van der Waals surface area contributed by atoms with Gasteiger partial charge in [-0.15, -0.1) is 10.2 Å². The van der Waals surface area contributed by atoms with Crippen LogP contribution in [0, 0.1) is 0 Å². The van der Waals surface area contributed by atoms with E-state index in [1.54, 1.807) is 13.3 Å². The fraction of sp³-hybridized carbons (Fsp3) is 0.125.